The highest BCUT2D eigenvalue weighted by atomic mass is 16.1. The maximum Gasteiger partial charge on any atom is 0.223 e. The third-order valence-electron chi connectivity index (χ3n) is 4.61. The summed E-state index contributed by atoms with van der Waals surface area (Å²) in [5, 5.41) is 3.12. The molecule has 116 valence electrons. The van der Waals surface area contributed by atoms with E-state index in [4.69, 9.17) is 0 Å². The summed E-state index contributed by atoms with van der Waals surface area (Å²) < 4.78 is 0. The van der Waals surface area contributed by atoms with Crippen LogP contribution in [0.3, 0.4) is 0 Å². The molecule has 1 aliphatic rings. The van der Waals surface area contributed by atoms with E-state index in [1.165, 1.54) is 11.1 Å². The molecule has 3 nitrogen and oxygen atoms in total. The number of carbonyl (C=O) groups is 1. The third kappa shape index (κ3) is 4.57. The molecule has 0 radical (unpaired) electrons. The van der Waals surface area contributed by atoms with E-state index in [9.17, 15) is 4.79 Å². The number of benzene rings is 1. The van der Waals surface area contributed by atoms with Gasteiger partial charge in [0.15, 0.2) is 0 Å². The van der Waals surface area contributed by atoms with Crippen molar-refractivity contribution < 1.29 is 4.79 Å². The van der Waals surface area contributed by atoms with E-state index in [1.807, 2.05) is 0 Å². The van der Waals surface area contributed by atoms with Crippen molar-refractivity contribution in [3.63, 3.8) is 0 Å². The van der Waals surface area contributed by atoms with E-state index in [2.05, 4.69) is 55.3 Å². The van der Waals surface area contributed by atoms with E-state index in [1.54, 1.807) is 0 Å². The minimum absolute atomic E-state index is 0.201. The van der Waals surface area contributed by atoms with Crippen LogP contribution in [0.25, 0.3) is 0 Å². The van der Waals surface area contributed by atoms with Gasteiger partial charge < -0.3 is 5.32 Å². The van der Waals surface area contributed by atoms with Gasteiger partial charge >= 0.3 is 0 Å². The Morgan fingerprint density at radius 2 is 2.00 bits per heavy atom. The Hall–Kier alpha value is -1.35. The van der Waals surface area contributed by atoms with Crippen molar-refractivity contribution >= 4 is 5.91 Å². The van der Waals surface area contributed by atoms with Gasteiger partial charge in [-0.05, 0) is 57.3 Å². The lowest BCUT2D eigenvalue weighted by Crippen LogP contribution is -2.42. The SMILES string of the molecule is CC[C@@H](C)NC(=O)C1CCN(Cc2ccccc2C)CC1. The lowest BCUT2D eigenvalue weighted by molar-refractivity contribution is -0.127. The summed E-state index contributed by atoms with van der Waals surface area (Å²) in [6.07, 6.45) is 2.96. The Labute approximate surface area is 128 Å². The molecule has 1 saturated heterocycles. The zero-order valence-corrected chi connectivity index (χ0v) is 13.6. The van der Waals surface area contributed by atoms with E-state index in [0.717, 1.165) is 38.9 Å². The fourth-order valence-corrected chi connectivity index (χ4v) is 2.84. The van der Waals surface area contributed by atoms with E-state index >= 15 is 0 Å². The topological polar surface area (TPSA) is 32.3 Å². The van der Waals surface area contributed by atoms with Crippen molar-refractivity contribution in [3.8, 4) is 0 Å². The van der Waals surface area contributed by atoms with Gasteiger partial charge in [-0.1, -0.05) is 31.2 Å². The molecule has 21 heavy (non-hydrogen) atoms. The molecule has 2 rings (SSSR count). The molecule has 1 aromatic rings. The minimum Gasteiger partial charge on any atom is -0.353 e. The minimum atomic E-state index is 0.201. The fraction of sp³-hybridized carbons (Fsp3) is 0.611. The van der Waals surface area contributed by atoms with Crippen LogP contribution in [0, 0.1) is 12.8 Å². The molecule has 0 unspecified atom stereocenters. The molecule has 3 heteroatoms. The summed E-state index contributed by atoms with van der Waals surface area (Å²) in [5.41, 5.74) is 2.76. The van der Waals surface area contributed by atoms with E-state index in [0.29, 0.717) is 6.04 Å². The van der Waals surface area contributed by atoms with Crippen LogP contribution in [0.15, 0.2) is 24.3 Å². The van der Waals surface area contributed by atoms with Gasteiger partial charge in [-0.2, -0.15) is 0 Å². The Kier molecular flexibility index (Phi) is 5.80. The summed E-state index contributed by atoms with van der Waals surface area (Å²) in [5.74, 6) is 0.451. The second kappa shape index (κ2) is 7.60. The highest BCUT2D eigenvalue weighted by molar-refractivity contribution is 5.79. The number of nitrogens with zero attached hydrogens (tertiary/aromatic N) is 1. The van der Waals surface area contributed by atoms with Crippen molar-refractivity contribution in [3.05, 3.63) is 35.4 Å². The molecule has 1 aliphatic heterocycles. The summed E-state index contributed by atoms with van der Waals surface area (Å²) in [4.78, 5) is 14.6. The molecule has 0 aliphatic carbocycles. The second-order valence-corrected chi connectivity index (χ2v) is 6.29. The Morgan fingerprint density at radius 1 is 1.33 bits per heavy atom. The first-order chi connectivity index (χ1) is 10.1. The number of nitrogens with one attached hydrogen (secondary N) is 1. The fourth-order valence-electron chi connectivity index (χ4n) is 2.84. The van der Waals surface area contributed by atoms with Gasteiger partial charge in [0.1, 0.15) is 0 Å². The molecule has 1 atom stereocenters. The van der Waals surface area contributed by atoms with Crippen LogP contribution in [0.4, 0.5) is 0 Å². The second-order valence-electron chi connectivity index (χ2n) is 6.29. The van der Waals surface area contributed by atoms with Crippen LogP contribution in [0.1, 0.15) is 44.2 Å². The maximum absolute atomic E-state index is 12.2. The van der Waals surface area contributed by atoms with Gasteiger partial charge in [0.05, 0.1) is 0 Å². The van der Waals surface area contributed by atoms with Gasteiger partial charge in [0.2, 0.25) is 5.91 Å². The van der Waals surface area contributed by atoms with Crippen molar-refractivity contribution in [2.75, 3.05) is 13.1 Å². The van der Waals surface area contributed by atoms with Crippen LogP contribution in [-0.2, 0) is 11.3 Å². The smallest absolute Gasteiger partial charge is 0.223 e. The van der Waals surface area contributed by atoms with Crippen LogP contribution < -0.4 is 5.32 Å². The van der Waals surface area contributed by atoms with Crippen molar-refractivity contribution in [2.45, 2.75) is 52.6 Å². The van der Waals surface area contributed by atoms with Gasteiger partial charge in [0, 0.05) is 18.5 Å². The number of hydrogen-bond acceptors (Lipinski definition) is 2. The van der Waals surface area contributed by atoms with Gasteiger partial charge in [-0.3, -0.25) is 9.69 Å². The first-order valence-corrected chi connectivity index (χ1v) is 8.17. The number of aryl methyl sites for hydroxylation is 1. The van der Waals surface area contributed by atoms with Gasteiger partial charge in [0.25, 0.3) is 0 Å². The van der Waals surface area contributed by atoms with E-state index in [-0.39, 0.29) is 11.8 Å². The standard InChI is InChI=1S/C18H28N2O/c1-4-15(3)19-18(21)16-9-11-20(12-10-16)13-17-8-6-5-7-14(17)2/h5-8,15-16H,4,9-13H2,1-3H3,(H,19,21)/t15-/m1/s1. The summed E-state index contributed by atoms with van der Waals surface area (Å²) in [6.45, 7) is 9.40. The van der Waals surface area contributed by atoms with Gasteiger partial charge in [-0.25, -0.2) is 0 Å². The summed E-state index contributed by atoms with van der Waals surface area (Å²) in [7, 11) is 0. The number of amides is 1. The lowest BCUT2D eigenvalue weighted by Gasteiger charge is -2.32. The Balaban J connectivity index is 1.81. The zero-order valence-electron chi connectivity index (χ0n) is 13.6. The zero-order chi connectivity index (χ0) is 15.2. The van der Waals surface area contributed by atoms with Crippen LogP contribution in [0.5, 0.6) is 0 Å². The first-order valence-electron chi connectivity index (χ1n) is 8.17. The summed E-state index contributed by atoms with van der Waals surface area (Å²) in [6, 6.07) is 8.86. The number of rotatable bonds is 5. The first kappa shape index (κ1) is 16.0. The normalized spacial score (nSPS) is 18.4. The molecule has 0 aromatic heterocycles. The summed E-state index contributed by atoms with van der Waals surface area (Å²) >= 11 is 0. The number of hydrogen-bond donors (Lipinski definition) is 1. The lowest BCUT2D eigenvalue weighted by atomic mass is 9.95. The molecule has 0 bridgehead atoms. The monoisotopic (exact) mass is 288 g/mol. The number of piperidine rings is 1. The Morgan fingerprint density at radius 3 is 2.62 bits per heavy atom. The van der Waals surface area contributed by atoms with Crippen LogP contribution in [-0.4, -0.2) is 29.9 Å². The highest BCUT2D eigenvalue weighted by Crippen LogP contribution is 2.20. The van der Waals surface area contributed by atoms with Crippen molar-refractivity contribution in [1.82, 2.24) is 10.2 Å². The number of likely N-dealkylation sites (tertiary alicyclic amines) is 1. The van der Waals surface area contributed by atoms with Crippen molar-refractivity contribution in [1.29, 1.82) is 0 Å². The molecular weight excluding hydrogens is 260 g/mol. The number of carbonyl (C=O) groups excluding carboxylic acids is 1. The molecule has 1 fully saturated rings. The molecule has 1 amide bonds. The largest absolute Gasteiger partial charge is 0.353 e. The quantitative estimate of drug-likeness (QED) is 0.903. The molecule has 1 heterocycles. The maximum atomic E-state index is 12.2. The third-order valence-corrected chi connectivity index (χ3v) is 4.61. The molecule has 0 saturated carbocycles. The average molecular weight is 288 g/mol. The highest BCUT2D eigenvalue weighted by Gasteiger charge is 2.25. The van der Waals surface area contributed by atoms with Crippen molar-refractivity contribution in [2.24, 2.45) is 5.92 Å². The molecule has 1 aromatic carbocycles. The molecule has 1 N–H and O–H groups in total. The molecule has 0 spiro atoms. The predicted molar refractivity (Wildman–Crippen MR) is 87.1 cm³/mol. The predicted octanol–water partition coefficient (Wildman–Crippen LogP) is 3.12. The molecular formula is C18H28N2O. The van der Waals surface area contributed by atoms with Gasteiger partial charge in [-0.15, -0.1) is 0 Å². The van der Waals surface area contributed by atoms with Crippen LogP contribution >= 0.6 is 0 Å². The van der Waals surface area contributed by atoms with Crippen LogP contribution in [0.2, 0.25) is 0 Å². The average Bonchev–Trinajstić information content (AvgIpc) is 2.50. The Bertz CT molecular complexity index is 464. The van der Waals surface area contributed by atoms with E-state index < -0.39 is 0 Å².